The molecule has 0 aromatic carbocycles. The largest absolute Gasteiger partial charge is 0.508 e. The van der Waals surface area contributed by atoms with Crippen LogP contribution in [0.2, 0.25) is 0 Å². The van der Waals surface area contributed by atoms with Crippen LogP contribution >= 0.6 is 0 Å². The van der Waals surface area contributed by atoms with Crippen LogP contribution in [0.5, 0.6) is 0 Å². The minimum Gasteiger partial charge on any atom is -0.508 e. The lowest BCUT2D eigenvalue weighted by Gasteiger charge is -2.08. The SMILES string of the molecule is C=C(O)c1ccc(=O)n(Cc2ccc(CNC(C)=O)nc2)c1. The first-order chi connectivity index (χ1) is 10.5. The van der Waals surface area contributed by atoms with E-state index in [9.17, 15) is 14.7 Å². The van der Waals surface area contributed by atoms with Gasteiger partial charge in [0.25, 0.3) is 5.56 Å². The molecule has 0 aliphatic carbocycles. The fourth-order valence-corrected chi connectivity index (χ4v) is 1.89. The molecule has 6 heteroatoms. The van der Waals surface area contributed by atoms with Gasteiger partial charge in [-0.05, 0) is 17.7 Å². The highest BCUT2D eigenvalue weighted by Gasteiger charge is 2.03. The maximum Gasteiger partial charge on any atom is 0.250 e. The highest BCUT2D eigenvalue weighted by Crippen LogP contribution is 2.08. The van der Waals surface area contributed by atoms with E-state index < -0.39 is 0 Å². The molecule has 0 aliphatic heterocycles. The third kappa shape index (κ3) is 4.05. The average Bonchev–Trinajstić information content (AvgIpc) is 2.48. The van der Waals surface area contributed by atoms with Crippen LogP contribution in [0.25, 0.3) is 5.76 Å². The minimum atomic E-state index is -0.174. The van der Waals surface area contributed by atoms with E-state index in [1.54, 1.807) is 18.5 Å². The standard InChI is InChI=1S/C16H17N3O3/c1-11(20)14-4-6-16(22)19(10-14)9-13-3-5-15(18-7-13)8-17-12(2)21/h3-7,10,20H,1,8-9H2,2H3,(H,17,21). The number of nitrogens with zero attached hydrogens (tertiary/aromatic N) is 2. The second-order valence-corrected chi connectivity index (χ2v) is 4.90. The van der Waals surface area contributed by atoms with Gasteiger partial charge in [0.2, 0.25) is 5.91 Å². The Hall–Kier alpha value is -2.89. The van der Waals surface area contributed by atoms with E-state index in [4.69, 9.17) is 0 Å². The predicted octanol–water partition coefficient (Wildman–Crippen LogP) is 1.46. The van der Waals surface area contributed by atoms with Gasteiger partial charge < -0.3 is 15.0 Å². The Bertz CT molecular complexity index is 748. The number of nitrogens with one attached hydrogen (secondary N) is 1. The lowest BCUT2D eigenvalue weighted by atomic mass is 10.2. The topological polar surface area (TPSA) is 84.2 Å². The van der Waals surface area contributed by atoms with Gasteiger partial charge in [0.05, 0.1) is 18.8 Å². The molecule has 0 saturated carbocycles. The minimum absolute atomic E-state index is 0.0856. The number of aromatic nitrogens is 2. The molecule has 0 radical (unpaired) electrons. The summed E-state index contributed by atoms with van der Waals surface area (Å²) in [6, 6.07) is 6.55. The van der Waals surface area contributed by atoms with Crippen molar-refractivity contribution in [3.8, 4) is 0 Å². The van der Waals surface area contributed by atoms with Crippen molar-refractivity contribution >= 4 is 11.7 Å². The Morgan fingerprint density at radius 1 is 1.36 bits per heavy atom. The number of amides is 1. The molecule has 2 aromatic heterocycles. The van der Waals surface area contributed by atoms with Crippen LogP contribution in [-0.4, -0.2) is 20.6 Å². The fourth-order valence-electron chi connectivity index (χ4n) is 1.89. The van der Waals surface area contributed by atoms with Crippen molar-refractivity contribution in [2.45, 2.75) is 20.0 Å². The molecule has 2 heterocycles. The number of hydrogen-bond acceptors (Lipinski definition) is 4. The first kappa shape index (κ1) is 15.5. The summed E-state index contributed by atoms with van der Waals surface area (Å²) in [4.78, 5) is 26.9. The molecular weight excluding hydrogens is 282 g/mol. The lowest BCUT2D eigenvalue weighted by molar-refractivity contribution is -0.119. The third-order valence-corrected chi connectivity index (χ3v) is 3.07. The molecule has 0 fully saturated rings. The molecule has 0 bridgehead atoms. The molecule has 1 amide bonds. The van der Waals surface area contributed by atoms with E-state index in [2.05, 4.69) is 16.9 Å². The molecule has 2 rings (SSSR count). The van der Waals surface area contributed by atoms with Gasteiger partial charge in [-0.1, -0.05) is 12.6 Å². The lowest BCUT2D eigenvalue weighted by Crippen LogP contribution is -2.20. The first-order valence-electron chi connectivity index (χ1n) is 6.72. The molecule has 0 saturated heterocycles. The summed E-state index contributed by atoms with van der Waals surface area (Å²) < 4.78 is 1.47. The molecule has 0 atom stereocenters. The summed E-state index contributed by atoms with van der Waals surface area (Å²) in [6.45, 7) is 5.60. The zero-order valence-corrected chi connectivity index (χ0v) is 12.2. The molecule has 0 unspecified atom stereocenters. The summed E-state index contributed by atoms with van der Waals surface area (Å²) in [6.07, 6.45) is 3.21. The Kier molecular flexibility index (Phi) is 4.73. The van der Waals surface area contributed by atoms with Crippen LogP contribution in [0.3, 0.4) is 0 Å². The van der Waals surface area contributed by atoms with E-state index in [1.807, 2.05) is 6.07 Å². The Morgan fingerprint density at radius 2 is 2.14 bits per heavy atom. The van der Waals surface area contributed by atoms with Crippen molar-refractivity contribution in [3.05, 3.63) is 70.4 Å². The number of rotatable bonds is 5. The predicted molar refractivity (Wildman–Crippen MR) is 83.2 cm³/mol. The van der Waals surface area contributed by atoms with Crippen molar-refractivity contribution in [2.24, 2.45) is 0 Å². The number of pyridine rings is 2. The van der Waals surface area contributed by atoms with Gasteiger partial charge in [-0.25, -0.2) is 0 Å². The van der Waals surface area contributed by atoms with E-state index in [0.717, 1.165) is 11.3 Å². The van der Waals surface area contributed by atoms with Gasteiger partial charge in [0.15, 0.2) is 0 Å². The summed E-state index contributed by atoms with van der Waals surface area (Å²) in [5.41, 5.74) is 1.90. The Morgan fingerprint density at radius 3 is 2.73 bits per heavy atom. The normalized spacial score (nSPS) is 10.2. The monoisotopic (exact) mass is 299 g/mol. The number of carbonyl (C=O) groups is 1. The van der Waals surface area contributed by atoms with Gasteiger partial charge in [0, 0.05) is 30.9 Å². The van der Waals surface area contributed by atoms with Gasteiger partial charge in [-0.3, -0.25) is 14.6 Å². The highest BCUT2D eigenvalue weighted by molar-refractivity contribution is 5.72. The molecule has 22 heavy (non-hydrogen) atoms. The van der Waals surface area contributed by atoms with Crippen LogP contribution in [0.15, 0.2) is 48.0 Å². The molecule has 2 N–H and O–H groups in total. The van der Waals surface area contributed by atoms with Crippen molar-refractivity contribution in [3.63, 3.8) is 0 Å². The number of aliphatic hydroxyl groups is 1. The second-order valence-electron chi connectivity index (χ2n) is 4.90. The summed E-state index contributed by atoms with van der Waals surface area (Å²) in [7, 11) is 0. The Balaban J connectivity index is 2.14. The Labute approximate surface area is 127 Å². The molecule has 2 aromatic rings. The van der Waals surface area contributed by atoms with Crippen molar-refractivity contribution in [1.29, 1.82) is 0 Å². The van der Waals surface area contributed by atoms with Crippen LogP contribution in [0.1, 0.15) is 23.7 Å². The summed E-state index contributed by atoms with van der Waals surface area (Å²) in [5, 5.41) is 12.1. The van der Waals surface area contributed by atoms with E-state index in [-0.39, 0.29) is 17.2 Å². The summed E-state index contributed by atoms with van der Waals surface area (Å²) >= 11 is 0. The van der Waals surface area contributed by atoms with E-state index in [1.165, 1.54) is 23.6 Å². The van der Waals surface area contributed by atoms with Crippen LogP contribution in [0.4, 0.5) is 0 Å². The first-order valence-corrected chi connectivity index (χ1v) is 6.72. The molecule has 114 valence electrons. The van der Waals surface area contributed by atoms with Gasteiger partial charge in [0.1, 0.15) is 5.76 Å². The molecule has 6 nitrogen and oxygen atoms in total. The van der Waals surface area contributed by atoms with Crippen molar-refractivity contribution in [1.82, 2.24) is 14.9 Å². The quantitative estimate of drug-likeness (QED) is 0.819. The van der Waals surface area contributed by atoms with Crippen LogP contribution in [0, 0.1) is 0 Å². The van der Waals surface area contributed by atoms with Gasteiger partial charge in [-0.15, -0.1) is 0 Å². The van der Waals surface area contributed by atoms with E-state index >= 15 is 0 Å². The van der Waals surface area contributed by atoms with E-state index in [0.29, 0.717) is 18.7 Å². The zero-order valence-electron chi connectivity index (χ0n) is 12.2. The molecular formula is C16H17N3O3. The third-order valence-electron chi connectivity index (χ3n) is 3.07. The molecule has 0 aliphatic rings. The van der Waals surface area contributed by atoms with Gasteiger partial charge in [-0.2, -0.15) is 0 Å². The number of carbonyl (C=O) groups excluding carboxylic acids is 1. The maximum absolute atomic E-state index is 11.8. The summed E-state index contributed by atoms with van der Waals surface area (Å²) in [5.74, 6) is -0.198. The van der Waals surface area contributed by atoms with Gasteiger partial charge >= 0.3 is 0 Å². The number of aliphatic hydroxyl groups excluding tert-OH is 1. The number of hydrogen-bond donors (Lipinski definition) is 2. The zero-order chi connectivity index (χ0) is 16.1. The van der Waals surface area contributed by atoms with Crippen molar-refractivity contribution < 1.29 is 9.90 Å². The van der Waals surface area contributed by atoms with Crippen LogP contribution < -0.4 is 10.9 Å². The maximum atomic E-state index is 11.8. The highest BCUT2D eigenvalue weighted by atomic mass is 16.3. The fraction of sp³-hybridized carbons (Fsp3) is 0.188. The average molecular weight is 299 g/mol. The smallest absolute Gasteiger partial charge is 0.250 e. The van der Waals surface area contributed by atoms with Crippen LogP contribution in [-0.2, 0) is 17.9 Å². The second kappa shape index (κ2) is 6.71. The van der Waals surface area contributed by atoms with Crippen molar-refractivity contribution in [2.75, 3.05) is 0 Å². The molecule has 0 spiro atoms.